The fraction of sp³-hybridized carbons (Fsp3) is 0.417. The van der Waals surface area contributed by atoms with Crippen LogP contribution in [0.1, 0.15) is 45.7 Å². The summed E-state index contributed by atoms with van der Waals surface area (Å²) in [6, 6.07) is 14.1. The Hall–Kier alpha value is -2.74. The van der Waals surface area contributed by atoms with Crippen LogP contribution in [0.4, 0.5) is 0 Å². The molecule has 4 unspecified atom stereocenters. The number of benzene rings is 2. The molecular weight excluding hydrogens is 400 g/mol. The zero-order chi connectivity index (χ0) is 22.2. The van der Waals surface area contributed by atoms with Gasteiger partial charge in [0, 0.05) is 0 Å². The van der Waals surface area contributed by atoms with Crippen LogP contribution in [0.15, 0.2) is 48.5 Å². The summed E-state index contributed by atoms with van der Waals surface area (Å²) in [5.74, 6) is -1.85. The van der Waals surface area contributed by atoms with Crippen molar-refractivity contribution in [3.05, 3.63) is 70.8 Å². The Balaban J connectivity index is 1.46. The Morgan fingerprint density at radius 3 is 2.00 bits per heavy atom. The standard InChI is InChI=1S/C24H26O7/c1-14-5-9-16(10-6-14)21(25)27-13-18-19(20-23(28-18)31-24(3,4)30-20)29-22(26)17-11-7-15(2)8-12-17/h5-12,18-20,23H,13H2,1-4H3. The molecule has 2 aromatic rings. The molecule has 31 heavy (non-hydrogen) atoms. The molecule has 2 saturated heterocycles. The van der Waals surface area contributed by atoms with Crippen LogP contribution >= 0.6 is 0 Å². The molecule has 4 atom stereocenters. The van der Waals surface area contributed by atoms with E-state index < -0.39 is 42.3 Å². The van der Waals surface area contributed by atoms with Crippen LogP contribution in [0, 0.1) is 13.8 Å². The molecule has 7 nitrogen and oxygen atoms in total. The van der Waals surface area contributed by atoms with Crippen LogP contribution in [0.5, 0.6) is 0 Å². The third-order valence-electron chi connectivity index (χ3n) is 5.28. The van der Waals surface area contributed by atoms with E-state index in [-0.39, 0.29) is 6.61 Å². The number of hydrogen-bond donors (Lipinski definition) is 0. The lowest BCUT2D eigenvalue weighted by atomic mass is 10.1. The predicted octanol–water partition coefficient (Wildman–Crippen LogP) is 3.56. The van der Waals surface area contributed by atoms with Crippen molar-refractivity contribution in [3.8, 4) is 0 Å². The highest BCUT2D eigenvalue weighted by Gasteiger charge is 2.57. The molecular formula is C24H26O7. The lowest BCUT2D eigenvalue weighted by Gasteiger charge is -2.25. The Morgan fingerprint density at radius 1 is 0.871 bits per heavy atom. The first kappa shape index (κ1) is 21.5. The Morgan fingerprint density at radius 2 is 1.42 bits per heavy atom. The minimum absolute atomic E-state index is 0.0985. The molecule has 0 saturated carbocycles. The van der Waals surface area contributed by atoms with Gasteiger partial charge in [0.2, 0.25) is 0 Å². The van der Waals surface area contributed by atoms with E-state index in [1.165, 1.54) is 0 Å². The summed E-state index contributed by atoms with van der Waals surface area (Å²) in [5, 5.41) is 0. The van der Waals surface area contributed by atoms with Gasteiger partial charge >= 0.3 is 11.9 Å². The smallest absolute Gasteiger partial charge is 0.338 e. The molecule has 2 aliphatic rings. The number of carbonyl (C=O) groups is 2. The average Bonchev–Trinajstić information content (AvgIpc) is 3.19. The van der Waals surface area contributed by atoms with E-state index in [0.717, 1.165) is 11.1 Å². The number of esters is 2. The van der Waals surface area contributed by atoms with E-state index >= 15 is 0 Å². The second-order valence-electron chi connectivity index (χ2n) is 8.34. The first-order chi connectivity index (χ1) is 14.7. The van der Waals surface area contributed by atoms with E-state index in [4.69, 9.17) is 23.7 Å². The zero-order valence-corrected chi connectivity index (χ0v) is 18.0. The van der Waals surface area contributed by atoms with Gasteiger partial charge in [-0.15, -0.1) is 0 Å². The molecule has 0 amide bonds. The van der Waals surface area contributed by atoms with Crippen molar-refractivity contribution in [1.29, 1.82) is 0 Å². The molecule has 0 bridgehead atoms. The molecule has 164 valence electrons. The van der Waals surface area contributed by atoms with Crippen LogP contribution < -0.4 is 0 Å². The number of fused-ring (bicyclic) bond motifs is 1. The van der Waals surface area contributed by atoms with Gasteiger partial charge in [-0.05, 0) is 52.0 Å². The van der Waals surface area contributed by atoms with Gasteiger partial charge in [-0.2, -0.15) is 0 Å². The molecule has 0 aliphatic carbocycles. The highest BCUT2D eigenvalue weighted by Crippen LogP contribution is 2.39. The molecule has 0 spiro atoms. The third-order valence-corrected chi connectivity index (χ3v) is 5.28. The summed E-state index contributed by atoms with van der Waals surface area (Å²) in [4.78, 5) is 25.1. The van der Waals surface area contributed by atoms with Gasteiger partial charge < -0.3 is 23.7 Å². The number of aryl methyl sites for hydroxylation is 2. The van der Waals surface area contributed by atoms with Crippen LogP contribution in [-0.4, -0.2) is 48.9 Å². The Labute approximate surface area is 181 Å². The lowest BCUT2D eigenvalue weighted by molar-refractivity contribution is -0.218. The number of rotatable bonds is 5. The summed E-state index contributed by atoms with van der Waals surface area (Å²) in [6.45, 7) is 7.31. The van der Waals surface area contributed by atoms with E-state index in [2.05, 4.69) is 0 Å². The molecule has 7 heteroatoms. The van der Waals surface area contributed by atoms with Gasteiger partial charge in [0.25, 0.3) is 0 Å². The molecule has 0 N–H and O–H groups in total. The molecule has 4 rings (SSSR count). The quantitative estimate of drug-likeness (QED) is 0.676. The van der Waals surface area contributed by atoms with Crippen LogP contribution in [0.25, 0.3) is 0 Å². The van der Waals surface area contributed by atoms with Crippen molar-refractivity contribution >= 4 is 11.9 Å². The van der Waals surface area contributed by atoms with Gasteiger partial charge in [-0.25, -0.2) is 9.59 Å². The van der Waals surface area contributed by atoms with Gasteiger partial charge in [0.1, 0.15) is 12.7 Å². The van der Waals surface area contributed by atoms with Crippen LogP contribution in [-0.2, 0) is 23.7 Å². The van der Waals surface area contributed by atoms with E-state index in [1.807, 2.05) is 38.1 Å². The van der Waals surface area contributed by atoms with Gasteiger partial charge in [-0.3, -0.25) is 0 Å². The second kappa shape index (κ2) is 8.42. The highest BCUT2D eigenvalue weighted by molar-refractivity contribution is 5.90. The summed E-state index contributed by atoms with van der Waals surface area (Å²) < 4.78 is 28.8. The molecule has 0 aromatic heterocycles. The minimum atomic E-state index is -0.868. The SMILES string of the molecule is Cc1ccc(C(=O)OCC2OC3OC(C)(C)OC3C2OC(=O)c2ccc(C)cc2)cc1. The van der Waals surface area contributed by atoms with Gasteiger partial charge in [0.05, 0.1) is 11.1 Å². The normalized spacial score (nSPS) is 26.3. The second-order valence-corrected chi connectivity index (χ2v) is 8.34. The van der Waals surface area contributed by atoms with Crippen molar-refractivity contribution < 1.29 is 33.3 Å². The molecule has 0 radical (unpaired) electrons. The first-order valence-electron chi connectivity index (χ1n) is 10.2. The fourth-order valence-corrected chi connectivity index (χ4v) is 3.64. The van der Waals surface area contributed by atoms with Crippen LogP contribution in [0.2, 0.25) is 0 Å². The molecule has 2 aromatic carbocycles. The van der Waals surface area contributed by atoms with Crippen molar-refractivity contribution in [2.45, 2.75) is 58.1 Å². The topological polar surface area (TPSA) is 80.3 Å². The average molecular weight is 426 g/mol. The van der Waals surface area contributed by atoms with Crippen molar-refractivity contribution in [3.63, 3.8) is 0 Å². The maximum absolute atomic E-state index is 12.7. The molecule has 2 heterocycles. The molecule has 2 fully saturated rings. The number of ether oxygens (including phenoxy) is 5. The van der Waals surface area contributed by atoms with Gasteiger partial charge in [0.15, 0.2) is 24.3 Å². The van der Waals surface area contributed by atoms with Gasteiger partial charge in [-0.1, -0.05) is 35.4 Å². The maximum Gasteiger partial charge on any atom is 0.338 e. The highest BCUT2D eigenvalue weighted by atomic mass is 16.8. The maximum atomic E-state index is 12.7. The van der Waals surface area contributed by atoms with E-state index in [9.17, 15) is 9.59 Å². The van der Waals surface area contributed by atoms with Crippen molar-refractivity contribution in [2.75, 3.05) is 6.61 Å². The first-order valence-corrected chi connectivity index (χ1v) is 10.2. The van der Waals surface area contributed by atoms with E-state index in [0.29, 0.717) is 11.1 Å². The predicted molar refractivity (Wildman–Crippen MR) is 111 cm³/mol. The summed E-state index contributed by atoms with van der Waals surface area (Å²) in [7, 11) is 0. The third kappa shape index (κ3) is 4.79. The lowest BCUT2D eigenvalue weighted by Crippen LogP contribution is -2.40. The van der Waals surface area contributed by atoms with E-state index in [1.54, 1.807) is 38.1 Å². The molecule has 2 aliphatic heterocycles. The minimum Gasteiger partial charge on any atom is -0.459 e. The Kier molecular flexibility index (Phi) is 5.83. The fourth-order valence-electron chi connectivity index (χ4n) is 3.64. The zero-order valence-electron chi connectivity index (χ0n) is 18.0. The summed E-state index contributed by atoms with van der Waals surface area (Å²) in [6.07, 6.45) is -2.83. The van der Waals surface area contributed by atoms with Crippen LogP contribution in [0.3, 0.4) is 0 Å². The summed E-state index contributed by atoms with van der Waals surface area (Å²) >= 11 is 0. The summed E-state index contributed by atoms with van der Waals surface area (Å²) in [5.41, 5.74) is 2.94. The Bertz CT molecular complexity index is 949. The van der Waals surface area contributed by atoms with Crippen molar-refractivity contribution in [1.82, 2.24) is 0 Å². The number of hydrogen-bond acceptors (Lipinski definition) is 7. The largest absolute Gasteiger partial charge is 0.459 e. The number of carbonyl (C=O) groups excluding carboxylic acids is 2. The monoisotopic (exact) mass is 426 g/mol. The van der Waals surface area contributed by atoms with Crippen molar-refractivity contribution in [2.24, 2.45) is 0 Å².